The molecule has 5 nitrogen and oxygen atoms in total. The number of pyridine rings is 1. The van der Waals surface area contributed by atoms with Crippen molar-refractivity contribution in [1.82, 2.24) is 4.98 Å². The van der Waals surface area contributed by atoms with Crippen LogP contribution in [0.15, 0.2) is 54.7 Å². The number of aromatic nitrogens is 1. The minimum absolute atomic E-state index is 0.238. The number of benzene rings is 2. The molecule has 0 spiro atoms. The van der Waals surface area contributed by atoms with E-state index in [0.29, 0.717) is 22.0 Å². The Balaban J connectivity index is 1.76. The van der Waals surface area contributed by atoms with Gasteiger partial charge >= 0.3 is 0 Å². The molecule has 0 saturated carbocycles. The van der Waals surface area contributed by atoms with Gasteiger partial charge in [-0.3, -0.25) is 4.79 Å². The van der Waals surface area contributed by atoms with E-state index in [2.05, 4.69) is 10.3 Å². The smallest absolute Gasteiger partial charge is 0.255 e. The third-order valence-corrected chi connectivity index (χ3v) is 4.28. The fourth-order valence-corrected chi connectivity index (χ4v) is 2.87. The summed E-state index contributed by atoms with van der Waals surface area (Å²) in [6.45, 7) is 3.58. The summed E-state index contributed by atoms with van der Waals surface area (Å²) in [7, 11) is 0. The van der Waals surface area contributed by atoms with Crippen LogP contribution in [0.25, 0.3) is 0 Å². The number of carbonyl (C=O) groups excluding carboxylic acids is 1. The average molecular weight is 400 g/mol. The van der Waals surface area contributed by atoms with Gasteiger partial charge in [0.2, 0.25) is 0 Å². The van der Waals surface area contributed by atoms with E-state index >= 15 is 0 Å². The Morgan fingerprint density at radius 1 is 1.25 bits per heavy atom. The SMILES string of the molecule is Cc1cc(F)cc(C(=O)Nc2cccc(C(C)Oc3cc(Cl)cnc3N)c2)c1. The van der Waals surface area contributed by atoms with Crippen molar-refractivity contribution < 1.29 is 13.9 Å². The van der Waals surface area contributed by atoms with Crippen molar-refractivity contribution in [1.29, 1.82) is 0 Å². The third kappa shape index (κ3) is 4.78. The van der Waals surface area contributed by atoms with E-state index in [-0.39, 0.29) is 17.5 Å². The molecule has 28 heavy (non-hydrogen) atoms. The molecule has 0 aliphatic rings. The molecular formula is C21H19ClFN3O2. The van der Waals surface area contributed by atoms with Gasteiger partial charge in [-0.25, -0.2) is 9.37 Å². The lowest BCUT2D eigenvalue weighted by molar-refractivity contribution is 0.102. The van der Waals surface area contributed by atoms with Gasteiger partial charge in [0.05, 0.1) is 5.02 Å². The van der Waals surface area contributed by atoms with Crippen LogP contribution in [0.4, 0.5) is 15.9 Å². The van der Waals surface area contributed by atoms with Gasteiger partial charge in [0.1, 0.15) is 11.9 Å². The average Bonchev–Trinajstić information content (AvgIpc) is 2.64. The van der Waals surface area contributed by atoms with Crippen LogP contribution in [0.5, 0.6) is 5.75 Å². The number of anilines is 2. The monoisotopic (exact) mass is 399 g/mol. The zero-order valence-corrected chi connectivity index (χ0v) is 16.1. The molecule has 1 heterocycles. The summed E-state index contributed by atoms with van der Waals surface area (Å²) in [5.74, 6) is -0.225. The summed E-state index contributed by atoms with van der Waals surface area (Å²) in [4.78, 5) is 16.4. The van der Waals surface area contributed by atoms with Gasteiger partial charge < -0.3 is 15.8 Å². The lowest BCUT2D eigenvalue weighted by Gasteiger charge is -2.17. The lowest BCUT2D eigenvalue weighted by Crippen LogP contribution is -2.13. The highest BCUT2D eigenvalue weighted by molar-refractivity contribution is 6.30. The molecule has 7 heteroatoms. The Bertz CT molecular complexity index is 1010. The number of hydrogen-bond donors (Lipinski definition) is 2. The number of carbonyl (C=O) groups is 1. The molecule has 1 aromatic heterocycles. The number of nitrogens with one attached hydrogen (secondary N) is 1. The number of rotatable bonds is 5. The summed E-state index contributed by atoms with van der Waals surface area (Å²) in [5, 5.41) is 3.19. The fraction of sp³-hybridized carbons (Fsp3) is 0.143. The molecular weight excluding hydrogens is 381 g/mol. The highest BCUT2D eigenvalue weighted by Gasteiger charge is 2.13. The Morgan fingerprint density at radius 2 is 2.04 bits per heavy atom. The van der Waals surface area contributed by atoms with Gasteiger partial charge in [-0.15, -0.1) is 0 Å². The lowest BCUT2D eigenvalue weighted by atomic mass is 10.1. The number of amides is 1. The minimum Gasteiger partial charge on any atom is -0.482 e. The summed E-state index contributed by atoms with van der Waals surface area (Å²) < 4.78 is 19.4. The second-order valence-corrected chi connectivity index (χ2v) is 6.83. The minimum atomic E-state index is -0.450. The number of hydrogen-bond acceptors (Lipinski definition) is 4. The van der Waals surface area contributed by atoms with E-state index in [0.717, 1.165) is 5.56 Å². The first-order chi connectivity index (χ1) is 13.3. The first-order valence-corrected chi connectivity index (χ1v) is 8.96. The first-order valence-electron chi connectivity index (χ1n) is 8.58. The summed E-state index contributed by atoms with van der Waals surface area (Å²) in [6.07, 6.45) is 1.08. The normalized spacial score (nSPS) is 11.7. The largest absolute Gasteiger partial charge is 0.482 e. The van der Waals surface area contributed by atoms with Crippen LogP contribution in [-0.2, 0) is 0 Å². The molecule has 3 N–H and O–H groups in total. The van der Waals surface area contributed by atoms with Crippen LogP contribution in [0.2, 0.25) is 5.02 Å². The maximum Gasteiger partial charge on any atom is 0.255 e. The van der Waals surface area contributed by atoms with Gasteiger partial charge in [-0.2, -0.15) is 0 Å². The molecule has 0 bridgehead atoms. The van der Waals surface area contributed by atoms with E-state index in [9.17, 15) is 9.18 Å². The molecule has 1 atom stereocenters. The van der Waals surface area contributed by atoms with Crippen molar-refractivity contribution in [3.05, 3.63) is 82.3 Å². The number of nitrogens with two attached hydrogens (primary N) is 1. The molecule has 0 aliphatic carbocycles. The van der Waals surface area contributed by atoms with Crippen molar-refractivity contribution >= 4 is 29.0 Å². The van der Waals surface area contributed by atoms with E-state index in [1.807, 2.05) is 13.0 Å². The molecule has 3 rings (SSSR count). The molecule has 0 fully saturated rings. The van der Waals surface area contributed by atoms with E-state index in [4.69, 9.17) is 22.1 Å². The molecule has 1 amide bonds. The molecule has 3 aromatic rings. The van der Waals surface area contributed by atoms with Crippen LogP contribution in [0, 0.1) is 12.7 Å². The van der Waals surface area contributed by atoms with Crippen molar-refractivity contribution in [2.75, 3.05) is 11.1 Å². The second-order valence-electron chi connectivity index (χ2n) is 6.39. The second kappa shape index (κ2) is 8.27. The maximum absolute atomic E-state index is 13.5. The van der Waals surface area contributed by atoms with Gasteiger partial charge in [0.15, 0.2) is 11.6 Å². The van der Waals surface area contributed by atoms with Crippen LogP contribution in [0.3, 0.4) is 0 Å². The van der Waals surface area contributed by atoms with Crippen LogP contribution in [0.1, 0.15) is 34.5 Å². The quantitative estimate of drug-likeness (QED) is 0.621. The first kappa shape index (κ1) is 19.6. The molecule has 144 valence electrons. The Labute approximate surface area is 167 Å². The summed E-state index contributed by atoms with van der Waals surface area (Å²) in [5.41, 5.74) is 8.13. The van der Waals surface area contributed by atoms with E-state index in [1.54, 1.807) is 37.3 Å². The number of aryl methyl sites for hydroxylation is 1. The van der Waals surface area contributed by atoms with Crippen LogP contribution >= 0.6 is 11.6 Å². The molecule has 0 aliphatic heterocycles. The zero-order chi connectivity index (χ0) is 20.3. The van der Waals surface area contributed by atoms with Crippen LogP contribution < -0.4 is 15.8 Å². The Kier molecular flexibility index (Phi) is 5.80. The topological polar surface area (TPSA) is 77.2 Å². The Hall–Kier alpha value is -3.12. The van der Waals surface area contributed by atoms with Crippen molar-refractivity contribution in [2.24, 2.45) is 0 Å². The van der Waals surface area contributed by atoms with Gasteiger partial charge in [-0.1, -0.05) is 23.7 Å². The van der Waals surface area contributed by atoms with E-state index in [1.165, 1.54) is 18.3 Å². The maximum atomic E-state index is 13.5. The van der Waals surface area contributed by atoms with Gasteiger partial charge in [0.25, 0.3) is 5.91 Å². The van der Waals surface area contributed by atoms with Crippen molar-refractivity contribution in [3.63, 3.8) is 0 Å². The highest BCUT2D eigenvalue weighted by Crippen LogP contribution is 2.29. The molecule has 0 radical (unpaired) electrons. The van der Waals surface area contributed by atoms with E-state index < -0.39 is 11.7 Å². The molecule has 0 saturated heterocycles. The highest BCUT2D eigenvalue weighted by atomic mass is 35.5. The third-order valence-electron chi connectivity index (χ3n) is 4.07. The number of nitrogens with zero attached hydrogens (tertiary/aromatic N) is 1. The summed E-state index contributed by atoms with van der Waals surface area (Å²) in [6, 6.07) is 13.0. The predicted octanol–water partition coefficient (Wildman–Crippen LogP) is 5.16. The standard InChI is InChI=1S/C21H19ClFN3O2/c1-12-6-15(8-17(23)7-12)21(27)26-18-5-3-4-14(9-18)13(2)28-19-10-16(22)11-25-20(19)24/h3-11,13H,1-2H3,(H2,24,25)(H,26,27). The van der Waals surface area contributed by atoms with Gasteiger partial charge in [-0.05, 0) is 55.3 Å². The van der Waals surface area contributed by atoms with Crippen molar-refractivity contribution in [2.45, 2.75) is 20.0 Å². The predicted molar refractivity (Wildman–Crippen MR) is 108 cm³/mol. The number of halogens is 2. The van der Waals surface area contributed by atoms with Crippen molar-refractivity contribution in [3.8, 4) is 5.75 Å². The zero-order valence-electron chi connectivity index (χ0n) is 15.4. The summed E-state index contributed by atoms with van der Waals surface area (Å²) >= 11 is 5.94. The van der Waals surface area contributed by atoms with Crippen LogP contribution in [-0.4, -0.2) is 10.9 Å². The molecule has 1 unspecified atom stereocenters. The number of nitrogen functional groups attached to an aromatic ring is 1. The fourth-order valence-electron chi connectivity index (χ4n) is 2.72. The van der Waals surface area contributed by atoms with Gasteiger partial charge in [0, 0.05) is 23.5 Å². The number of ether oxygens (including phenoxy) is 1. The molecule has 2 aromatic carbocycles. The Morgan fingerprint density at radius 3 is 2.79 bits per heavy atom.